The van der Waals surface area contributed by atoms with Crippen LogP contribution in [0.5, 0.6) is 5.75 Å². The lowest BCUT2D eigenvalue weighted by Gasteiger charge is -2.25. The lowest BCUT2D eigenvalue weighted by Crippen LogP contribution is -2.48. The zero-order chi connectivity index (χ0) is 38.3. The van der Waals surface area contributed by atoms with Crippen LogP contribution in [-0.4, -0.2) is 24.4 Å². The molecule has 3 aromatic carbocycles. The van der Waals surface area contributed by atoms with Crippen molar-refractivity contribution in [2.45, 2.75) is 78.1 Å². The third-order valence-electron chi connectivity index (χ3n) is 9.88. The molecule has 0 aliphatic heterocycles. The first-order valence-corrected chi connectivity index (χ1v) is 20.1. The van der Waals surface area contributed by atoms with Gasteiger partial charge in [0, 0.05) is 35.1 Å². The summed E-state index contributed by atoms with van der Waals surface area (Å²) >= 11 is 5.62. The molecule has 5 aromatic rings. The van der Waals surface area contributed by atoms with Crippen LogP contribution in [0.15, 0.2) is 89.4 Å². The summed E-state index contributed by atoms with van der Waals surface area (Å²) in [6.07, 6.45) is 4.45. The molecule has 1 nitrogen and oxygen atoms in total. The Morgan fingerprint density at radius 3 is 1.51 bits per heavy atom. The molecule has 0 saturated heterocycles. The van der Waals surface area contributed by atoms with E-state index < -0.39 is 28.9 Å². The van der Waals surface area contributed by atoms with E-state index >= 15 is 26.3 Å². The maximum atomic E-state index is 15.8. The number of benzene rings is 3. The van der Waals surface area contributed by atoms with E-state index in [4.69, 9.17) is 4.74 Å². The first-order valence-electron chi connectivity index (χ1n) is 17.7. The summed E-state index contributed by atoms with van der Waals surface area (Å²) in [6.45, 7) is 10.2. The highest BCUT2D eigenvalue weighted by Gasteiger charge is 2.80. The predicted molar refractivity (Wildman–Crippen MR) is 212 cm³/mol. The summed E-state index contributed by atoms with van der Waals surface area (Å²) in [5.41, 5.74) is -0.0748. The fraction of sp³-hybridized carbons (Fsp3) is 0.349. The Labute approximate surface area is 323 Å². The maximum absolute atomic E-state index is 15.8. The van der Waals surface area contributed by atoms with Crippen LogP contribution in [0, 0.1) is 25.7 Å². The summed E-state index contributed by atoms with van der Waals surface area (Å²) in [4.78, 5) is 1.49. The molecule has 1 aliphatic carbocycles. The highest BCUT2D eigenvalue weighted by molar-refractivity contribution is 9.10. The SMILES string of the molecule is Cc1sc(-c2ccc(OCC[C@@H](C)CCCC(C)C)cc2)cc1C1=C(c2cc(-c3ccc(-c4ccc(Br)cc4)cc3)sc2C)C(F)(F)C(F)(F)C1(F)F. The minimum Gasteiger partial charge on any atom is -0.494 e. The minimum absolute atomic E-state index is 0.240. The second kappa shape index (κ2) is 15.4. The zero-order valence-corrected chi connectivity index (χ0v) is 33.4. The lowest BCUT2D eigenvalue weighted by molar-refractivity contribution is -0.254. The standard InChI is InChI=1S/C43H41BrF6OS2/c1-25(2)7-6-8-26(3)21-22-51-34-19-15-32(16-20-34)38-24-36(28(5)53-38)40-39(41(45,46)43(49,50)42(40,47)48)35-23-37(52-27(35)4)31-11-9-29(10-12-31)30-13-17-33(44)18-14-30/h9-20,23-26H,6-8,21-22H2,1-5H3/t26-/m0/s1. The molecule has 1 atom stereocenters. The predicted octanol–water partition coefficient (Wildman–Crippen LogP) is 15.3. The van der Waals surface area contributed by atoms with Crippen LogP contribution in [-0.2, 0) is 0 Å². The molecule has 0 amide bonds. The van der Waals surface area contributed by atoms with Gasteiger partial charge in [-0.3, -0.25) is 0 Å². The average Bonchev–Trinajstić information content (AvgIpc) is 3.71. The Morgan fingerprint density at radius 1 is 0.604 bits per heavy atom. The third-order valence-corrected chi connectivity index (χ3v) is 12.6. The van der Waals surface area contributed by atoms with Gasteiger partial charge in [0.25, 0.3) is 0 Å². The van der Waals surface area contributed by atoms with E-state index in [0.29, 0.717) is 45.1 Å². The summed E-state index contributed by atoms with van der Waals surface area (Å²) in [6, 6.07) is 24.8. The van der Waals surface area contributed by atoms with Crippen molar-refractivity contribution in [2.24, 2.45) is 11.8 Å². The molecule has 10 heteroatoms. The topological polar surface area (TPSA) is 9.23 Å². The van der Waals surface area contributed by atoms with Crippen molar-refractivity contribution in [3.63, 3.8) is 0 Å². The lowest BCUT2D eigenvalue weighted by atomic mass is 9.94. The molecule has 0 spiro atoms. The summed E-state index contributed by atoms with van der Waals surface area (Å²) < 4.78 is 101. The molecule has 53 heavy (non-hydrogen) atoms. The molecule has 0 radical (unpaired) electrons. The molecule has 6 rings (SSSR count). The van der Waals surface area contributed by atoms with Gasteiger partial charge in [-0.1, -0.05) is 92.4 Å². The van der Waals surface area contributed by atoms with Gasteiger partial charge < -0.3 is 4.74 Å². The van der Waals surface area contributed by atoms with Gasteiger partial charge in [0.15, 0.2) is 0 Å². The van der Waals surface area contributed by atoms with Gasteiger partial charge in [-0.15, -0.1) is 22.7 Å². The zero-order valence-electron chi connectivity index (χ0n) is 30.1. The largest absolute Gasteiger partial charge is 0.494 e. The van der Waals surface area contributed by atoms with Crippen LogP contribution in [0.3, 0.4) is 0 Å². The molecule has 0 fully saturated rings. The highest BCUT2D eigenvalue weighted by atomic mass is 79.9. The number of halogens is 7. The van der Waals surface area contributed by atoms with Crippen LogP contribution in [0.25, 0.3) is 43.2 Å². The molecule has 1 aliphatic rings. The average molecular weight is 832 g/mol. The van der Waals surface area contributed by atoms with Crippen LogP contribution in [0.4, 0.5) is 26.3 Å². The van der Waals surface area contributed by atoms with Crippen molar-refractivity contribution in [3.8, 4) is 37.8 Å². The summed E-state index contributed by atoms with van der Waals surface area (Å²) in [5, 5.41) is 0. The van der Waals surface area contributed by atoms with E-state index in [1.165, 1.54) is 38.8 Å². The van der Waals surface area contributed by atoms with Gasteiger partial charge in [0.05, 0.1) is 6.61 Å². The summed E-state index contributed by atoms with van der Waals surface area (Å²) in [7, 11) is 0. The van der Waals surface area contributed by atoms with Crippen molar-refractivity contribution in [1.82, 2.24) is 0 Å². The monoisotopic (exact) mass is 830 g/mol. The second-order valence-corrected chi connectivity index (χ2v) is 17.7. The van der Waals surface area contributed by atoms with Gasteiger partial charge in [-0.2, -0.15) is 26.3 Å². The number of aryl methyl sites for hydroxylation is 2. The minimum atomic E-state index is -5.63. The van der Waals surface area contributed by atoms with Crippen LogP contribution < -0.4 is 4.74 Å². The van der Waals surface area contributed by atoms with Gasteiger partial charge in [0.1, 0.15) is 5.75 Å². The molecule has 280 valence electrons. The molecule has 0 unspecified atom stereocenters. The van der Waals surface area contributed by atoms with E-state index in [9.17, 15) is 0 Å². The first kappa shape index (κ1) is 39.4. The number of rotatable bonds is 13. The van der Waals surface area contributed by atoms with Gasteiger partial charge >= 0.3 is 17.8 Å². The number of thiophene rings is 2. The molecule has 2 heterocycles. The van der Waals surface area contributed by atoms with Crippen molar-refractivity contribution in [3.05, 3.63) is 110 Å². The van der Waals surface area contributed by atoms with E-state index in [0.717, 1.165) is 51.1 Å². The Hall–Kier alpha value is -3.34. The van der Waals surface area contributed by atoms with Crippen LogP contribution in [0.2, 0.25) is 0 Å². The van der Waals surface area contributed by atoms with Gasteiger partial charge in [0.2, 0.25) is 0 Å². The third kappa shape index (κ3) is 7.78. The summed E-state index contributed by atoms with van der Waals surface area (Å²) in [5.74, 6) is -14.0. The normalized spacial score (nSPS) is 16.8. The molecule has 0 N–H and O–H groups in total. The number of ether oxygens (including phenoxy) is 1. The molecular formula is C43H41BrF6OS2. The van der Waals surface area contributed by atoms with Crippen LogP contribution >= 0.6 is 38.6 Å². The number of hydrogen-bond acceptors (Lipinski definition) is 3. The molecule has 0 saturated carbocycles. The molecule has 0 bridgehead atoms. The Bertz CT molecular complexity index is 2080. The highest BCUT2D eigenvalue weighted by Crippen LogP contribution is 2.66. The van der Waals surface area contributed by atoms with E-state index in [1.54, 1.807) is 36.4 Å². The van der Waals surface area contributed by atoms with E-state index in [-0.39, 0.29) is 20.9 Å². The number of alkyl halides is 6. The van der Waals surface area contributed by atoms with E-state index in [1.807, 2.05) is 36.4 Å². The second-order valence-electron chi connectivity index (χ2n) is 14.3. The molecular weight excluding hydrogens is 790 g/mol. The fourth-order valence-corrected chi connectivity index (χ4v) is 9.09. The smallest absolute Gasteiger partial charge is 0.380 e. The van der Waals surface area contributed by atoms with Gasteiger partial charge in [-0.05, 0) is 114 Å². The number of allylic oxidation sites excluding steroid dienone is 2. The Morgan fingerprint density at radius 2 is 1.04 bits per heavy atom. The van der Waals surface area contributed by atoms with Crippen molar-refractivity contribution >= 4 is 49.7 Å². The first-order chi connectivity index (χ1) is 25.0. The number of hydrogen-bond donors (Lipinski definition) is 0. The van der Waals surface area contributed by atoms with Crippen molar-refractivity contribution < 1.29 is 31.1 Å². The molecule has 2 aromatic heterocycles. The van der Waals surface area contributed by atoms with Crippen molar-refractivity contribution in [2.75, 3.05) is 6.61 Å². The fourth-order valence-electron chi connectivity index (χ4n) is 6.76. The van der Waals surface area contributed by atoms with Crippen LogP contribution in [0.1, 0.15) is 67.3 Å². The maximum Gasteiger partial charge on any atom is 0.380 e. The quantitative estimate of drug-likeness (QED) is 0.107. The Balaban J connectivity index is 1.29. The van der Waals surface area contributed by atoms with E-state index in [2.05, 4.69) is 36.7 Å². The van der Waals surface area contributed by atoms with Crippen molar-refractivity contribution in [1.29, 1.82) is 0 Å². The Kier molecular flexibility index (Phi) is 11.5. The van der Waals surface area contributed by atoms with Gasteiger partial charge in [-0.25, -0.2) is 0 Å².